The number of hydrogen-bond acceptors (Lipinski definition) is 7. The van der Waals surface area contributed by atoms with Crippen LogP contribution in [-0.4, -0.2) is 147 Å². The van der Waals surface area contributed by atoms with Crippen molar-refractivity contribution in [3.8, 4) is 0 Å². The van der Waals surface area contributed by atoms with Crippen LogP contribution in [0.2, 0.25) is 0 Å². The van der Waals surface area contributed by atoms with E-state index in [9.17, 15) is 0 Å². The molecule has 0 aliphatic rings. The van der Waals surface area contributed by atoms with Crippen LogP contribution in [0.25, 0.3) is 0 Å². The van der Waals surface area contributed by atoms with E-state index in [4.69, 9.17) is 5.73 Å². The van der Waals surface area contributed by atoms with Crippen LogP contribution in [0.3, 0.4) is 0 Å². The SMILES string of the molecule is B.B.B.B.B.B.B.CC(C)(C)N.CCN(CC)CC.CN(C)C.CNC.CSC.N.c1ccncc1. The largest absolute Gasteiger partial charge is 0.344 e. The third-order valence-electron chi connectivity index (χ3n) is 1.91. The molecule has 6 nitrogen and oxygen atoms in total. The molecule has 0 bridgehead atoms. The number of nitrogens with two attached hydrogens (primary N) is 1. The minimum absolute atomic E-state index is 0. The van der Waals surface area contributed by atoms with Gasteiger partial charge in [0.05, 0.1) is 58.9 Å². The highest BCUT2D eigenvalue weighted by Gasteiger charge is 1.95. The van der Waals surface area contributed by atoms with Gasteiger partial charge in [-0.3, -0.25) is 4.98 Å². The maximum absolute atomic E-state index is 5.35. The van der Waals surface area contributed by atoms with Crippen molar-refractivity contribution in [2.45, 2.75) is 47.1 Å². The summed E-state index contributed by atoms with van der Waals surface area (Å²) in [4.78, 5) is 8.16. The van der Waals surface area contributed by atoms with Crippen molar-refractivity contribution in [3.63, 3.8) is 0 Å². The van der Waals surface area contributed by atoms with Gasteiger partial charge in [0, 0.05) is 17.9 Å². The molecule has 0 aliphatic heterocycles. The van der Waals surface area contributed by atoms with Crippen LogP contribution in [0, 0.1) is 0 Å². The Balaban J connectivity index is -0.0000000157. The molecule has 0 amide bonds. The summed E-state index contributed by atoms with van der Waals surface area (Å²) in [5.74, 6) is 0. The van der Waals surface area contributed by atoms with Crippen molar-refractivity contribution >= 4 is 70.7 Å². The molecule has 0 aromatic carbocycles. The highest BCUT2D eigenvalue weighted by molar-refractivity contribution is 7.97. The maximum atomic E-state index is 5.35. The lowest BCUT2D eigenvalue weighted by Crippen LogP contribution is -2.26. The summed E-state index contributed by atoms with van der Waals surface area (Å²) in [5, 5.41) is 2.75. The van der Waals surface area contributed by atoms with E-state index in [1.807, 2.05) is 91.6 Å². The third kappa shape index (κ3) is 262. The summed E-state index contributed by atoms with van der Waals surface area (Å²) in [5.41, 5.74) is 5.35. The van der Waals surface area contributed by atoms with Crippen LogP contribution in [0.4, 0.5) is 0 Å². The average Bonchev–Trinajstić information content (AvgIpc) is 2.58. The van der Waals surface area contributed by atoms with E-state index >= 15 is 0 Å². The summed E-state index contributed by atoms with van der Waals surface area (Å²) in [7, 11) is 9.75. The van der Waals surface area contributed by atoms with E-state index in [-0.39, 0.29) is 70.6 Å². The molecule has 0 unspecified atom stereocenters. The Morgan fingerprint density at radius 1 is 0.722 bits per heavy atom. The molecule has 36 heavy (non-hydrogen) atoms. The van der Waals surface area contributed by atoms with Gasteiger partial charge in [0.25, 0.3) is 0 Å². The average molecular weight is 534 g/mol. The molecule has 1 rings (SSSR count). The van der Waals surface area contributed by atoms with Gasteiger partial charge in [-0.1, -0.05) is 26.8 Å². The first kappa shape index (κ1) is 83.4. The van der Waals surface area contributed by atoms with Crippen LogP contribution in [-0.2, 0) is 0 Å². The molecule has 222 valence electrons. The number of nitrogens with zero attached hydrogens (tertiary/aromatic N) is 3. The number of nitrogens with one attached hydrogen (secondary N) is 1. The molecule has 14 heteroatoms. The first-order valence-corrected chi connectivity index (χ1v) is 11.5. The first-order valence-electron chi connectivity index (χ1n) is 9.87. The van der Waals surface area contributed by atoms with Gasteiger partial charge in [-0.2, -0.15) is 11.8 Å². The van der Waals surface area contributed by atoms with Crippen LogP contribution in [0.1, 0.15) is 41.5 Å². The highest BCUT2D eigenvalue weighted by atomic mass is 32.2. The summed E-state index contributed by atoms with van der Waals surface area (Å²) in [6, 6.07) is 5.72. The minimum atomic E-state index is 0. The molecule has 0 radical (unpaired) electrons. The zero-order valence-electron chi connectivity index (χ0n) is 22.0. The van der Waals surface area contributed by atoms with Gasteiger partial charge in [0.1, 0.15) is 0 Å². The summed E-state index contributed by atoms with van der Waals surface area (Å²) in [6.07, 6.45) is 7.58. The number of hydrogen-bond donors (Lipinski definition) is 3. The number of thioether (sulfide) groups is 1. The molecule has 0 atom stereocenters. The zero-order valence-corrected chi connectivity index (χ0v) is 22.9. The van der Waals surface area contributed by atoms with Crippen LogP contribution in [0.15, 0.2) is 30.6 Å². The monoisotopic (exact) mass is 535 g/mol. The predicted octanol–water partition coefficient (Wildman–Crippen LogP) is -3.96. The second-order valence-corrected chi connectivity index (χ2v) is 8.08. The van der Waals surface area contributed by atoms with Gasteiger partial charge in [0.2, 0.25) is 0 Å². The van der Waals surface area contributed by atoms with Gasteiger partial charge in [-0.15, -0.1) is 0 Å². The van der Waals surface area contributed by atoms with E-state index in [0.29, 0.717) is 0 Å². The van der Waals surface area contributed by atoms with E-state index < -0.39 is 0 Å². The van der Waals surface area contributed by atoms with Crippen molar-refractivity contribution in [2.24, 2.45) is 5.73 Å². The Labute approximate surface area is 247 Å². The molecule has 0 saturated carbocycles. The Hall–Kier alpha value is -0.245. The molecule has 0 fully saturated rings. The van der Waals surface area contributed by atoms with Crippen molar-refractivity contribution in [2.75, 3.05) is 67.4 Å². The van der Waals surface area contributed by atoms with Crippen LogP contribution < -0.4 is 17.2 Å². The van der Waals surface area contributed by atoms with Crippen molar-refractivity contribution < 1.29 is 0 Å². The van der Waals surface area contributed by atoms with Crippen molar-refractivity contribution in [1.82, 2.24) is 26.3 Å². The van der Waals surface area contributed by atoms with Crippen LogP contribution in [0.5, 0.6) is 0 Å². The van der Waals surface area contributed by atoms with Crippen molar-refractivity contribution in [3.05, 3.63) is 30.6 Å². The topological polar surface area (TPSA) is 92.4 Å². The lowest BCUT2D eigenvalue weighted by molar-refractivity contribution is 0.321. The normalized spacial score (nSPS) is 7.00. The summed E-state index contributed by atoms with van der Waals surface area (Å²) in [6.45, 7) is 16.0. The highest BCUT2D eigenvalue weighted by Crippen LogP contribution is 1.88. The quantitative estimate of drug-likeness (QED) is 0.342. The van der Waals surface area contributed by atoms with Crippen molar-refractivity contribution in [1.29, 1.82) is 0 Å². The summed E-state index contributed by atoms with van der Waals surface area (Å²) >= 11 is 1.75. The fourth-order valence-electron chi connectivity index (χ4n) is 0.983. The molecule has 1 aromatic rings. The molecule has 1 heterocycles. The zero-order chi connectivity index (χ0) is 23.4. The van der Waals surface area contributed by atoms with Gasteiger partial charge in [0.15, 0.2) is 0 Å². The molecule has 6 N–H and O–H groups in total. The molecule has 1 aromatic heterocycles. The second kappa shape index (κ2) is 76.5. The maximum Gasteiger partial charge on any atom is 0.0814 e. The molecule has 0 aliphatic carbocycles. The molecule has 0 spiro atoms. The van der Waals surface area contributed by atoms with E-state index in [1.165, 1.54) is 19.6 Å². The van der Waals surface area contributed by atoms with Gasteiger partial charge < -0.3 is 27.0 Å². The Morgan fingerprint density at radius 3 is 0.917 bits per heavy atom. The molecule has 0 saturated heterocycles. The summed E-state index contributed by atoms with van der Waals surface area (Å²) < 4.78 is 0. The van der Waals surface area contributed by atoms with Gasteiger partial charge in [-0.25, -0.2) is 0 Å². The fourth-order valence-corrected chi connectivity index (χ4v) is 0.983. The molecular weight excluding hydrogens is 456 g/mol. The Kier molecular flexibility index (Phi) is 177. The number of aromatic nitrogens is 1. The lowest BCUT2D eigenvalue weighted by Gasteiger charge is -2.13. The van der Waals surface area contributed by atoms with Gasteiger partial charge in [-0.05, 0) is 100 Å². The van der Waals surface area contributed by atoms with Crippen LogP contribution >= 0.6 is 11.8 Å². The van der Waals surface area contributed by atoms with E-state index in [1.54, 1.807) is 24.2 Å². The van der Waals surface area contributed by atoms with Gasteiger partial charge >= 0.3 is 0 Å². The van der Waals surface area contributed by atoms with E-state index in [2.05, 4.69) is 36.0 Å². The molecular formula is C22H77B7N6S. The standard InChI is InChI=1S/C6H15N.C5H5N.C4H11N.C3H9N.C2H7N.C2H6S.7BH3.H3N/c1-4-7(5-2)6-3;1-2-4-6-5-3-1;1-4(2,3)5;1-4(2)3;2*1-3-2;;;;;;;;/h4-6H2,1-3H3;1-5H;5H2,1-3H3;1-3H3;3H,1-2H3;1-2H3;8*1H3. The smallest absolute Gasteiger partial charge is 0.0814 e. The Morgan fingerprint density at radius 2 is 0.889 bits per heavy atom. The predicted molar refractivity (Wildman–Crippen MR) is 210 cm³/mol. The first-order chi connectivity index (χ1) is 12.9. The Bertz CT molecular complexity index is 297. The number of pyridine rings is 1. The second-order valence-electron chi connectivity index (χ2n) is 7.26. The van der Waals surface area contributed by atoms with E-state index in [0.717, 1.165) is 0 Å². The number of rotatable bonds is 3. The third-order valence-corrected chi connectivity index (χ3v) is 1.91. The minimum Gasteiger partial charge on any atom is -0.344 e. The fraction of sp³-hybridized carbons (Fsp3) is 0.773. The lowest BCUT2D eigenvalue weighted by atomic mass is 10.1.